The Morgan fingerprint density at radius 1 is 1.06 bits per heavy atom. The van der Waals surface area contributed by atoms with Crippen molar-refractivity contribution in [3.63, 3.8) is 0 Å². The Morgan fingerprint density at radius 2 is 1.50 bits per heavy atom. The number of aliphatic carboxylic acids is 1. The Labute approximate surface area is 131 Å². The summed E-state index contributed by atoms with van der Waals surface area (Å²) < 4.78 is 0. The predicted octanol–water partition coefficient (Wildman–Crippen LogP) is -1.80. The van der Waals surface area contributed by atoms with Crippen molar-refractivity contribution in [3.05, 3.63) is 0 Å². The summed E-state index contributed by atoms with van der Waals surface area (Å²) in [5.74, 6) is -2.38. The Kier molecular flexibility index (Phi) is 12.4. The second-order valence-electron chi connectivity index (χ2n) is 4.65. The van der Waals surface area contributed by atoms with Gasteiger partial charge in [0.15, 0.2) is 11.4 Å². The number of aliphatic hydroxyl groups is 1. The molecule has 0 saturated carbocycles. The summed E-state index contributed by atoms with van der Waals surface area (Å²) >= 11 is 0. The fourth-order valence-corrected chi connectivity index (χ4v) is 1.60. The molecule has 1 atom stereocenters. The van der Waals surface area contributed by atoms with Gasteiger partial charge in [0.1, 0.15) is 0 Å². The summed E-state index contributed by atoms with van der Waals surface area (Å²) in [6.07, 6.45) is 7.49. The summed E-state index contributed by atoms with van der Waals surface area (Å²) in [7, 11) is 0. The van der Waals surface area contributed by atoms with E-state index in [-0.39, 0.29) is 36.0 Å². The molecule has 5 heteroatoms. The summed E-state index contributed by atoms with van der Waals surface area (Å²) in [5.41, 5.74) is -2.33. The molecule has 0 fully saturated rings. The summed E-state index contributed by atoms with van der Waals surface area (Å²) in [6.45, 7) is 3.13. The number of Topliss-reactive ketones (excluding diaryl/α,β-unsaturated/α-hetero) is 1. The molecule has 0 amide bonds. The molecule has 0 aromatic rings. The molecule has 0 heterocycles. The minimum Gasteiger partial charge on any atom is -0.547 e. The van der Waals surface area contributed by atoms with Crippen molar-refractivity contribution in [3.8, 4) is 0 Å². The second kappa shape index (κ2) is 11.0. The van der Waals surface area contributed by atoms with E-state index in [9.17, 15) is 19.8 Å². The zero-order valence-corrected chi connectivity index (χ0v) is 13.8. The van der Waals surface area contributed by atoms with Crippen LogP contribution in [0.4, 0.5) is 0 Å². The maximum atomic E-state index is 11.4. The molecule has 1 N–H and O–H groups in total. The van der Waals surface area contributed by atoms with Crippen LogP contribution >= 0.6 is 0 Å². The predicted molar refractivity (Wildman–Crippen MR) is 63.2 cm³/mol. The first-order valence-corrected chi connectivity index (χ1v) is 6.40. The van der Waals surface area contributed by atoms with Crippen LogP contribution in [0, 0.1) is 0 Å². The van der Waals surface area contributed by atoms with Crippen molar-refractivity contribution < 1.29 is 49.4 Å². The molecule has 0 aliphatic carbocycles. The van der Waals surface area contributed by atoms with Crippen LogP contribution < -0.4 is 34.7 Å². The van der Waals surface area contributed by atoms with E-state index in [1.54, 1.807) is 0 Å². The standard InChI is InChI=1S/C13H24O4.Na/c1-3-4-5-6-7-8-9-10-11(14)13(2,17)12(15)16;/h17H,3-10H2,1-2H3,(H,15,16);/q;+1/p-1. The molecule has 0 bridgehead atoms. The molecule has 0 aliphatic heterocycles. The van der Waals surface area contributed by atoms with E-state index in [4.69, 9.17) is 0 Å². The van der Waals surface area contributed by atoms with Crippen LogP contribution in [-0.4, -0.2) is 22.5 Å². The quantitative estimate of drug-likeness (QED) is 0.287. The van der Waals surface area contributed by atoms with Crippen molar-refractivity contribution in [2.45, 2.75) is 70.8 Å². The van der Waals surface area contributed by atoms with Crippen LogP contribution in [0.15, 0.2) is 0 Å². The number of hydrogen-bond acceptors (Lipinski definition) is 4. The Balaban J connectivity index is 0. The Bertz CT molecular complexity index is 251. The molecule has 0 rings (SSSR count). The van der Waals surface area contributed by atoms with Gasteiger partial charge in [-0.15, -0.1) is 0 Å². The van der Waals surface area contributed by atoms with E-state index in [2.05, 4.69) is 6.92 Å². The van der Waals surface area contributed by atoms with Crippen molar-refractivity contribution in [1.82, 2.24) is 0 Å². The van der Waals surface area contributed by atoms with E-state index in [0.717, 1.165) is 26.2 Å². The maximum Gasteiger partial charge on any atom is 1.00 e. The maximum absolute atomic E-state index is 11.4. The number of carbonyl (C=O) groups is 2. The molecule has 18 heavy (non-hydrogen) atoms. The first-order valence-electron chi connectivity index (χ1n) is 6.40. The van der Waals surface area contributed by atoms with Crippen molar-refractivity contribution in [1.29, 1.82) is 0 Å². The second-order valence-corrected chi connectivity index (χ2v) is 4.65. The molecule has 0 aliphatic rings. The number of unbranched alkanes of at least 4 members (excludes halogenated alkanes) is 6. The van der Waals surface area contributed by atoms with Gasteiger partial charge >= 0.3 is 29.6 Å². The fraction of sp³-hybridized carbons (Fsp3) is 0.846. The average Bonchev–Trinajstić information content (AvgIpc) is 2.27. The summed E-state index contributed by atoms with van der Waals surface area (Å²) in [5, 5.41) is 19.8. The Morgan fingerprint density at radius 3 is 1.94 bits per heavy atom. The zero-order chi connectivity index (χ0) is 13.3. The van der Waals surface area contributed by atoms with Gasteiger partial charge in [0.05, 0.1) is 5.97 Å². The van der Waals surface area contributed by atoms with Gasteiger partial charge in [-0.25, -0.2) is 0 Å². The van der Waals surface area contributed by atoms with Crippen molar-refractivity contribution >= 4 is 11.8 Å². The monoisotopic (exact) mass is 266 g/mol. The largest absolute Gasteiger partial charge is 1.00 e. The minimum atomic E-state index is -2.33. The molecule has 0 radical (unpaired) electrons. The summed E-state index contributed by atoms with van der Waals surface area (Å²) in [4.78, 5) is 21.9. The molecular formula is C13H23NaO4. The van der Waals surface area contributed by atoms with Crippen LogP contribution in [0.1, 0.15) is 65.2 Å². The van der Waals surface area contributed by atoms with Gasteiger partial charge in [0.25, 0.3) is 0 Å². The molecule has 0 aromatic heterocycles. The third kappa shape index (κ3) is 8.25. The Hall–Kier alpha value is 0.100. The minimum absolute atomic E-state index is 0. The van der Waals surface area contributed by atoms with Gasteiger partial charge in [0.2, 0.25) is 0 Å². The fourth-order valence-electron chi connectivity index (χ4n) is 1.60. The van der Waals surface area contributed by atoms with Crippen molar-refractivity contribution in [2.24, 2.45) is 0 Å². The van der Waals surface area contributed by atoms with E-state index < -0.39 is 17.4 Å². The molecule has 0 spiro atoms. The van der Waals surface area contributed by atoms with E-state index in [1.807, 2.05) is 0 Å². The average molecular weight is 266 g/mol. The number of carboxylic acid groups (broad SMARTS) is 1. The third-order valence-electron chi connectivity index (χ3n) is 2.95. The number of carboxylic acids is 1. The van der Waals surface area contributed by atoms with Gasteiger partial charge in [-0.05, 0) is 13.3 Å². The molecule has 100 valence electrons. The van der Waals surface area contributed by atoms with Gasteiger partial charge in [-0.1, -0.05) is 45.4 Å². The topological polar surface area (TPSA) is 77.4 Å². The van der Waals surface area contributed by atoms with Gasteiger partial charge in [0, 0.05) is 6.42 Å². The molecule has 1 unspecified atom stereocenters. The van der Waals surface area contributed by atoms with Crippen LogP contribution in [-0.2, 0) is 9.59 Å². The van der Waals surface area contributed by atoms with Gasteiger partial charge in [-0.2, -0.15) is 0 Å². The number of hydrogen-bond donors (Lipinski definition) is 1. The number of rotatable bonds is 10. The van der Waals surface area contributed by atoms with Crippen LogP contribution in [0.3, 0.4) is 0 Å². The molecule has 0 aromatic carbocycles. The normalized spacial score (nSPS) is 13.5. The smallest absolute Gasteiger partial charge is 0.547 e. The van der Waals surface area contributed by atoms with E-state index >= 15 is 0 Å². The zero-order valence-electron chi connectivity index (χ0n) is 11.8. The van der Waals surface area contributed by atoms with Crippen LogP contribution in [0.25, 0.3) is 0 Å². The van der Waals surface area contributed by atoms with Gasteiger partial charge in [-0.3, -0.25) is 4.79 Å². The number of carbonyl (C=O) groups excluding carboxylic acids is 2. The van der Waals surface area contributed by atoms with Crippen LogP contribution in [0.5, 0.6) is 0 Å². The first-order chi connectivity index (χ1) is 7.92. The van der Waals surface area contributed by atoms with Gasteiger partial charge < -0.3 is 15.0 Å². The first kappa shape index (κ1) is 20.4. The van der Waals surface area contributed by atoms with Crippen molar-refractivity contribution in [2.75, 3.05) is 0 Å². The SMILES string of the molecule is CCCCCCCCCC(=O)C(C)(O)C(=O)[O-].[Na+]. The van der Waals surface area contributed by atoms with Crippen LogP contribution in [0.2, 0.25) is 0 Å². The number of ketones is 1. The van der Waals surface area contributed by atoms with E-state index in [0.29, 0.717) is 6.42 Å². The van der Waals surface area contributed by atoms with E-state index in [1.165, 1.54) is 19.3 Å². The molecule has 4 nitrogen and oxygen atoms in total. The molecular weight excluding hydrogens is 243 g/mol. The molecule has 0 saturated heterocycles. The summed E-state index contributed by atoms with van der Waals surface area (Å²) in [6, 6.07) is 0. The third-order valence-corrected chi connectivity index (χ3v) is 2.95.